The number of nitrogens with zero attached hydrogens (tertiary/aromatic N) is 1. The van der Waals surface area contributed by atoms with Gasteiger partial charge in [-0.25, -0.2) is 12.7 Å². The van der Waals surface area contributed by atoms with Crippen molar-refractivity contribution in [2.45, 2.75) is 4.90 Å². The number of amides is 1. The van der Waals surface area contributed by atoms with Crippen molar-refractivity contribution < 1.29 is 13.2 Å². The lowest BCUT2D eigenvalue weighted by atomic mass is 10.2. The first kappa shape index (κ1) is 16.7. The Kier molecular flexibility index (Phi) is 5.00. The van der Waals surface area contributed by atoms with E-state index in [1.165, 1.54) is 26.2 Å². The van der Waals surface area contributed by atoms with E-state index in [0.717, 1.165) is 8.78 Å². The molecule has 0 fully saturated rings. The summed E-state index contributed by atoms with van der Waals surface area (Å²) in [4.78, 5) is 12.3. The molecule has 2 rings (SSSR count). The first-order valence-electron chi connectivity index (χ1n) is 6.40. The van der Waals surface area contributed by atoms with Crippen LogP contribution in [0.3, 0.4) is 0 Å². The molecule has 116 valence electrons. The Hall–Kier alpha value is -1.70. The molecule has 22 heavy (non-hydrogen) atoms. The van der Waals surface area contributed by atoms with Gasteiger partial charge in [-0.15, -0.1) is 0 Å². The minimum Gasteiger partial charge on any atom is -0.322 e. The maximum atomic E-state index is 12.2. The number of hydrogen-bond acceptors (Lipinski definition) is 3. The quantitative estimate of drug-likeness (QED) is 0.883. The van der Waals surface area contributed by atoms with Gasteiger partial charge in [0.15, 0.2) is 0 Å². The molecule has 5 nitrogen and oxygen atoms in total. The minimum absolute atomic E-state index is 0.0842. The molecular weight excluding hydrogens is 368 g/mol. The molecule has 2 aromatic carbocycles. The number of halogens is 1. The van der Waals surface area contributed by atoms with Gasteiger partial charge in [0, 0.05) is 29.8 Å². The van der Waals surface area contributed by atoms with E-state index in [9.17, 15) is 13.2 Å². The maximum Gasteiger partial charge on any atom is 0.255 e. The number of rotatable bonds is 4. The molecule has 0 atom stereocenters. The molecule has 0 saturated carbocycles. The van der Waals surface area contributed by atoms with Crippen LogP contribution in [-0.4, -0.2) is 32.7 Å². The Morgan fingerprint density at radius 2 is 1.73 bits per heavy atom. The molecule has 0 bridgehead atoms. The second-order valence-electron chi connectivity index (χ2n) is 4.78. The predicted molar refractivity (Wildman–Crippen MR) is 89.4 cm³/mol. The van der Waals surface area contributed by atoms with E-state index in [0.29, 0.717) is 5.69 Å². The van der Waals surface area contributed by atoms with E-state index in [1.807, 2.05) is 12.1 Å². The van der Waals surface area contributed by atoms with Gasteiger partial charge < -0.3 is 5.32 Å². The largest absolute Gasteiger partial charge is 0.322 e. The summed E-state index contributed by atoms with van der Waals surface area (Å²) in [6.07, 6.45) is 0. The summed E-state index contributed by atoms with van der Waals surface area (Å²) >= 11 is 3.32. The lowest BCUT2D eigenvalue weighted by Crippen LogP contribution is -2.22. The van der Waals surface area contributed by atoms with Gasteiger partial charge in [-0.05, 0) is 42.5 Å². The smallest absolute Gasteiger partial charge is 0.255 e. The standard InChI is InChI=1S/C15H15BrN2O3S/c1-18(2)22(20,21)14-5-3-4-11(10-14)15(19)17-13-8-6-12(16)7-9-13/h3-10H,1-2H3,(H,17,19). The van der Waals surface area contributed by atoms with E-state index in [-0.39, 0.29) is 16.4 Å². The first-order valence-corrected chi connectivity index (χ1v) is 8.63. The molecule has 0 aliphatic rings. The lowest BCUT2D eigenvalue weighted by Gasteiger charge is -2.12. The SMILES string of the molecule is CN(C)S(=O)(=O)c1cccc(C(=O)Nc2ccc(Br)cc2)c1. The van der Waals surface area contributed by atoms with Crippen LogP contribution in [0.1, 0.15) is 10.4 Å². The number of sulfonamides is 1. The molecule has 0 aliphatic carbocycles. The van der Waals surface area contributed by atoms with Crippen molar-refractivity contribution >= 4 is 37.5 Å². The van der Waals surface area contributed by atoms with E-state index in [2.05, 4.69) is 21.2 Å². The molecule has 2 aromatic rings. The van der Waals surface area contributed by atoms with Crippen LogP contribution >= 0.6 is 15.9 Å². The van der Waals surface area contributed by atoms with Crippen LogP contribution in [0.4, 0.5) is 5.69 Å². The molecule has 1 amide bonds. The first-order chi connectivity index (χ1) is 10.3. The van der Waals surface area contributed by atoms with Crippen LogP contribution < -0.4 is 5.32 Å². The summed E-state index contributed by atoms with van der Waals surface area (Å²) in [6, 6.07) is 13.1. The number of anilines is 1. The van der Waals surface area contributed by atoms with Gasteiger partial charge in [0.05, 0.1) is 4.90 Å². The second kappa shape index (κ2) is 6.60. The molecule has 1 N–H and O–H groups in total. The number of benzene rings is 2. The minimum atomic E-state index is -3.56. The zero-order valence-electron chi connectivity index (χ0n) is 12.1. The average molecular weight is 383 g/mol. The summed E-state index contributed by atoms with van der Waals surface area (Å²) in [5.41, 5.74) is 0.917. The fourth-order valence-electron chi connectivity index (χ4n) is 1.75. The van der Waals surface area contributed by atoms with Crippen molar-refractivity contribution in [1.82, 2.24) is 4.31 Å². The van der Waals surface area contributed by atoms with Crippen LogP contribution in [-0.2, 0) is 10.0 Å². The topological polar surface area (TPSA) is 66.5 Å². The lowest BCUT2D eigenvalue weighted by molar-refractivity contribution is 0.102. The van der Waals surface area contributed by atoms with E-state index >= 15 is 0 Å². The Morgan fingerprint density at radius 3 is 2.32 bits per heavy atom. The highest BCUT2D eigenvalue weighted by atomic mass is 79.9. The number of nitrogens with one attached hydrogen (secondary N) is 1. The zero-order valence-corrected chi connectivity index (χ0v) is 14.5. The van der Waals surface area contributed by atoms with Gasteiger partial charge in [-0.2, -0.15) is 0 Å². The van der Waals surface area contributed by atoms with Gasteiger partial charge in [-0.3, -0.25) is 4.79 Å². The average Bonchev–Trinajstić information content (AvgIpc) is 2.49. The third kappa shape index (κ3) is 3.73. The van der Waals surface area contributed by atoms with Crippen molar-refractivity contribution in [1.29, 1.82) is 0 Å². The van der Waals surface area contributed by atoms with Crippen molar-refractivity contribution in [2.24, 2.45) is 0 Å². The highest BCUT2D eigenvalue weighted by Gasteiger charge is 2.18. The van der Waals surface area contributed by atoms with Crippen LogP contribution in [0.25, 0.3) is 0 Å². The Balaban J connectivity index is 2.26. The monoisotopic (exact) mass is 382 g/mol. The summed E-state index contributed by atoms with van der Waals surface area (Å²) in [7, 11) is -0.668. The Labute approximate surface area is 138 Å². The van der Waals surface area contributed by atoms with Crippen molar-refractivity contribution in [3.63, 3.8) is 0 Å². The molecule has 0 unspecified atom stereocenters. The molecule has 0 aromatic heterocycles. The summed E-state index contributed by atoms with van der Waals surface area (Å²) in [6.45, 7) is 0. The zero-order chi connectivity index (χ0) is 16.3. The van der Waals surface area contributed by atoms with Crippen molar-refractivity contribution in [3.05, 3.63) is 58.6 Å². The number of carbonyl (C=O) groups excluding carboxylic acids is 1. The van der Waals surface area contributed by atoms with E-state index in [4.69, 9.17) is 0 Å². The van der Waals surface area contributed by atoms with Gasteiger partial charge in [0.1, 0.15) is 0 Å². The van der Waals surface area contributed by atoms with E-state index < -0.39 is 10.0 Å². The Bertz CT molecular complexity index is 787. The fraction of sp³-hybridized carbons (Fsp3) is 0.133. The maximum absolute atomic E-state index is 12.2. The molecule has 0 aliphatic heterocycles. The normalized spacial score (nSPS) is 11.5. The predicted octanol–water partition coefficient (Wildman–Crippen LogP) is 2.95. The molecule has 0 heterocycles. The highest BCUT2D eigenvalue weighted by molar-refractivity contribution is 9.10. The third-order valence-electron chi connectivity index (χ3n) is 2.98. The summed E-state index contributed by atoms with van der Waals surface area (Å²) in [5.74, 6) is -0.363. The van der Waals surface area contributed by atoms with Gasteiger partial charge in [-0.1, -0.05) is 22.0 Å². The third-order valence-corrected chi connectivity index (χ3v) is 5.32. The molecule has 0 radical (unpaired) electrons. The van der Waals surface area contributed by atoms with Gasteiger partial charge in [0.2, 0.25) is 10.0 Å². The van der Waals surface area contributed by atoms with E-state index in [1.54, 1.807) is 24.3 Å². The highest BCUT2D eigenvalue weighted by Crippen LogP contribution is 2.18. The second-order valence-corrected chi connectivity index (χ2v) is 7.84. The van der Waals surface area contributed by atoms with Crippen LogP contribution in [0.15, 0.2) is 57.9 Å². The summed E-state index contributed by atoms with van der Waals surface area (Å²) < 4.78 is 26.2. The molecule has 0 spiro atoms. The molecule has 7 heteroatoms. The molecule has 0 saturated heterocycles. The Morgan fingerprint density at radius 1 is 1.09 bits per heavy atom. The fourth-order valence-corrected chi connectivity index (χ4v) is 2.96. The van der Waals surface area contributed by atoms with Crippen molar-refractivity contribution in [3.8, 4) is 0 Å². The van der Waals surface area contributed by atoms with Crippen LogP contribution in [0.2, 0.25) is 0 Å². The van der Waals surface area contributed by atoms with Gasteiger partial charge in [0.25, 0.3) is 5.91 Å². The number of carbonyl (C=O) groups is 1. The molecular formula is C15H15BrN2O3S. The van der Waals surface area contributed by atoms with Gasteiger partial charge >= 0.3 is 0 Å². The van der Waals surface area contributed by atoms with Crippen molar-refractivity contribution in [2.75, 3.05) is 19.4 Å². The number of hydrogen-bond donors (Lipinski definition) is 1. The van der Waals surface area contributed by atoms with Crippen LogP contribution in [0.5, 0.6) is 0 Å². The van der Waals surface area contributed by atoms with Crippen LogP contribution in [0, 0.1) is 0 Å². The summed E-state index contributed by atoms with van der Waals surface area (Å²) in [5, 5.41) is 2.73.